The minimum Gasteiger partial charge on any atom is -0.339 e. The molecule has 2 nitrogen and oxygen atoms in total. The van der Waals surface area contributed by atoms with E-state index in [4.69, 9.17) is 0 Å². The maximum absolute atomic E-state index is 12.4. The van der Waals surface area contributed by atoms with Gasteiger partial charge in [0.2, 0.25) is 5.91 Å². The summed E-state index contributed by atoms with van der Waals surface area (Å²) in [6.07, 6.45) is 9.10. The van der Waals surface area contributed by atoms with Crippen molar-refractivity contribution in [3.05, 3.63) is 89.0 Å². The highest BCUT2D eigenvalue weighted by molar-refractivity contribution is 5.89. The van der Waals surface area contributed by atoms with Crippen molar-refractivity contribution in [1.82, 2.24) is 4.90 Å². The Bertz CT molecular complexity index is 842. The Hall–Kier alpha value is -2.61. The summed E-state index contributed by atoms with van der Waals surface area (Å²) in [4.78, 5) is 14.4. The number of aryl methyl sites for hydroxylation is 1. The normalized spacial score (nSPS) is 17.0. The molecule has 0 radical (unpaired) electrons. The van der Waals surface area contributed by atoms with Gasteiger partial charge in [-0.25, -0.2) is 0 Å². The third-order valence-electron chi connectivity index (χ3n) is 5.46. The Morgan fingerprint density at radius 2 is 1.65 bits per heavy atom. The average Bonchev–Trinajstić information content (AvgIpc) is 3.23. The molecule has 1 fully saturated rings. The number of nitrogens with zero attached hydrogens (tertiary/aromatic N) is 1. The van der Waals surface area contributed by atoms with Crippen molar-refractivity contribution in [3.63, 3.8) is 0 Å². The fourth-order valence-electron chi connectivity index (χ4n) is 4.03. The quantitative estimate of drug-likeness (QED) is 0.730. The number of hydrogen-bond acceptors (Lipinski definition) is 1. The standard InChI is InChI=1S/C24H25NO/c26-24(25-16-6-7-17-25)15-14-21-13-12-20-10-4-5-11-22(20)23(21)18-19-8-2-1-3-9-19/h1-5,8-11,14-15H,6-7,12-13,16-18H2. The summed E-state index contributed by atoms with van der Waals surface area (Å²) in [6, 6.07) is 19.3. The van der Waals surface area contributed by atoms with Crippen molar-refractivity contribution in [1.29, 1.82) is 0 Å². The van der Waals surface area contributed by atoms with Gasteiger partial charge in [-0.05, 0) is 59.9 Å². The minimum atomic E-state index is 0.160. The van der Waals surface area contributed by atoms with Crippen molar-refractivity contribution in [3.8, 4) is 0 Å². The van der Waals surface area contributed by atoms with Gasteiger partial charge < -0.3 is 4.90 Å². The van der Waals surface area contributed by atoms with Crippen LogP contribution >= 0.6 is 0 Å². The molecule has 0 unspecified atom stereocenters. The van der Waals surface area contributed by atoms with Crippen LogP contribution in [-0.4, -0.2) is 23.9 Å². The minimum absolute atomic E-state index is 0.160. The van der Waals surface area contributed by atoms with Crippen molar-refractivity contribution in [2.45, 2.75) is 32.1 Å². The highest BCUT2D eigenvalue weighted by Gasteiger charge is 2.19. The molecule has 1 saturated heterocycles. The third-order valence-corrected chi connectivity index (χ3v) is 5.46. The second-order valence-corrected chi connectivity index (χ2v) is 7.19. The van der Waals surface area contributed by atoms with Gasteiger partial charge in [0.15, 0.2) is 0 Å². The van der Waals surface area contributed by atoms with Crippen molar-refractivity contribution >= 4 is 11.5 Å². The highest BCUT2D eigenvalue weighted by Crippen LogP contribution is 2.34. The molecule has 0 N–H and O–H groups in total. The molecule has 1 aliphatic heterocycles. The fourth-order valence-corrected chi connectivity index (χ4v) is 4.03. The second-order valence-electron chi connectivity index (χ2n) is 7.19. The van der Waals surface area contributed by atoms with Crippen LogP contribution in [-0.2, 0) is 17.6 Å². The van der Waals surface area contributed by atoms with E-state index in [2.05, 4.69) is 60.7 Å². The smallest absolute Gasteiger partial charge is 0.246 e. The van der Waals surface area contributed by atoms with Crippen LogP contribution in [0, 0.1) is 0 Å². The first kappa shape index (κ1) is 16.8. The molecular weight excluding hydrogens is 318 g/mol. The Morgan fingerprint density at radius 1 is 0.923 bits per heavy atom. The zero-order valence-electron chi connectivity index (χ0n) is 15.2. The van der Waals surface area contributed by atoms with Gasteiger partial charge in [-0.15, -0.1) is 0 Å². The third kappa shape index (κ3) is 3.65. The van der Waals surface area contributed by atoms with Crippen LogP contribution in [0.15, 0.2) is 72.3 Å². The number of fused-ring (bicyclic) bond motifs is 1. The van der Waals surface area contributed by atoms with E-state index in [1.165, 1.54) is 27.8 Å². The zero-order valence-corrected chi connectivity index (χ0v) is 15.2. The van der Waals surface area contributed by atoms with Crippen LogP contribution in [0.2, 0.25) is 0 Å². The first-order chi connectivity index (χ1) is 12.8. The average molecular weight is 343 g/mol. The van der Waals surface area contributed by atoms with E-state index in [1.807, 2.05) is 4.90 Å². The van der Waals surface area contributed by atoms with Crippen molar-refractivity contribution in [2.24, 2.45) is 0 Å². The van der Waals surface area contributed by atoms with Gasteiger partial charge in [-0.3, -0.25) is 4.79 Å². The summed E-state index contributed by atoms with van der Waals surface area (Å²) in [5, 5.41) is 0. The maximum atomic E-state index is 12.4. The Labute approximate surface area is 155 Å². The number of carbonyl (C=O) groups is 1. The number of rotatable bonds is 4. The lowest BCUT2D eigenvalue weighted by Crippen LogP contribution is -2.25. The molecule has 0 saturated carbocycles. The number of benzene rings is 2. The lowest BCUT2D eigenvalue weighted by Gasteiger charge is -2.22. The summed E-state index contributed by atoms with van der Waals surface area (Å²) < 4.78 is 0. The van der Waals surface area contributed by atoms with Crippen LogP contribution in [0.4, 0.5) is 0 Å². The number of allylic oxidation sites excluding steroid dienone is 3. The Kier molecular flexibility index (Phi) is 5.01. The van der Waals surface area contributed by atoms with Crippen LogP contribution in [0.1, 0.15) is 36.0 Å². The Morgan fingerprint density at radius 3 is 2.46 bits per heavy atom. The van der Waals surface area contributed by atoms with Gasteiger partial charge in [0.05, 0.1) is 0 Å². The molecule has 1 amide bonds. The molecule has 0 aromatic heterocycles. The summed E-state index contributed by atoms with van der Waals surface area (Å²) >= 11 is 0. The van der Waals surface area contributed by atoms with Crippen molar-refractivity contribution in [2.75, 3.05) is 13.1 Å². The summed E-state index contributed by atoms with van der Waals surface area (Å²) in [5.74, 6) is 0.160. The fraction of sp³-hybridized carbons (Fsp3) is 0.292. The molecule has 2 aromatic carbocycles. The van der Waals surface area contributed by atoms with E-state index in [0.29, 0.717) is 0 Å². The van der Waals surface area contributed by atoms with Gasteiger partial charge >= 0.3 is 0 Å². The molecule has 2 aromatic rings. The molecule has 1 aliphatic carbocycles. The molecular formula is C24H25NO. The van der Waals surface area contributed by atoms with E-state index >= 15 is 0 Å². The molecule has 0 atom stereocenters. The van der Waals surface area contributed by atoms with E-state index < -0.39 is 0 Å². The monoisotopic (exact) mass is 343 g/mol. The van der Waals surface area contributed by atoms with E-state index in [1.54, 1.807) is 6.08 Å². The van der Waals surface area contributed by atoms with Crippen LogP contribution in [0.3, 0.4) is 0 Å². The number of likely N-dealkylation sites (tertiary alicyclic amines) is 1. The van der Waals surface area contributed by atoms with E-state index in [9.17, 15) is 4.79 Å². The molecule has 2 heteroatoms. The number of amides is 1. The largest absolute Gasteiger partial charge is 0.339 e. The van der Waals surface area contributed by atoms with Crippen LogP contribution < -0.4 is 0 Å². The van der Waals surface area contributed by atoms with Gasteiger partial charge in [0.25, 0.3) is 0 Å². The topological polar surface area (TPSA) is 20.3 Å². The predicted molar refractivity (Wildman–Crippen MR) is 107 cm³/mol. The van der Waals surface area contributed by atoms with Gasteiger partial charge in [-0.2, -0.15) is 0 Å². The zero-order chi connectivity index (χ0) is 17.8. The van der Waals surface area contributed by atoms with Gasteiger partial charge in [0, 0.05) is 19.2 Å². The van der Waals surface area contributed by atoms with E-state index in [-0.39, 0.29) is 5.91 Å². The Balaban J connectivity index is 1.66. The molecule has 0 bridgehead atoms. The molecule has 26 heavy (non-hydrogen) atoms. The highest BCUT2D eigenvalue weighted by atomic mass is 16.2. The first-order valence-corrected chi connectivity index (χ1v) is 9.62. The van der Waals surface area contributed by atoms with Crippen LogP contribution in [0.25, 0.3) is 5.57 Å². The van der Waals surface area contributed by atoms with Gasteiger partial charge in [0.1, 0.15) is 0 Å². The number of carbonyl (C=O) groups excluding carboxylic acids is 1. The first-order valence-electron chi connectivity index (χ1n) is 9.62. The maximum Gasteiger partial charge on any atom is 0.246 e. The molecule has 4 rings (SSSR count). The SMILES string of the molecule is O=C(C=CC1=C(Cc2ccccc2)c2ccccc2CC1)N1CCCC1. The lowest BCUT2D eigenvalue weighted by molar-refractivity contribution is -0.124. The van der Waals surface area contributed by atoms with Crippen molar-refractivity contribution < 1.29 is 4.79 Å². The summed E-state index contributed by atoms with van der Waals surface area (Å²) in [5.41, 5.74) is 6.75. The van der Waals surface area contributed by atoms with Crippen LogP contribution in [0.5, 0.6) is 0 Å². The molecule has 2 aliphatic rings. The summed E-state index contributed by atoms with van der Waals surface area (Å²) in [6.45, 7) is 1.81. The second kappa shape index (κ2) is 7.74. The predicted octanol–water partition coefficient (Wildman–Crippen LogP) is 4.81. The molecule has 1 heterocycles. The van der Waals surface area contributed by atoms with E-state index in [0.717, 1.165) is 45.2 Å². The molecule has 0 spiro atoms. The summed E-state index contributed by atoms with van der Waals surface area (Å²) in [7, 11) is 0. The van der Waals surface area contributed by atoms with Gasteiger partial charge in [-0.1, -0.05) is 60.7 Å². The number of hydrogen-bond donors (Lipinski definition) is 0. The lowest BCUT2D eigenvalue weighted by atomic mass is 9.82. The molecule has 132 valence electrons.